The minimum Gasteiger partial charge on any atom is -0.383 e. The van der Waals surface area contributed by atoms with Crippen molar-refractivity contribution in [1.29, 1.82) is 0 Å². The third-order valence-electron chi connectivity index (χ3n) is 3.03. The van der Waals surface area contributed by atoms with E-state index in [0.717, 1.165) is 29.4 Å². The lowest BCUT2D eigenvalue weighted by Gasteiger charge is -2.24. The number of ether oxygens (including phenoxy) is 1. The summed E-state index contributed by atoms with van der Waals surface area (Å²) in [5.41, 5.74) is 0. The van der Waals surface area contributed by atoms with E-state index in [4.69, 9.17) is 4.74 Å². The van der Waals surface area contributed by atoms with Crippen molar-refractivity contribution in [3.8, 4) is 0 Å². The van der Waals surface area contributed by atoms with E-state index >= 15 is 0 Å². The number of nitrogens with zero attached hydrogens (tertiary/aromatic N) is 3. The lowest BCUT2D eigenvalue weighted by molar-refractivity contribution is 0.204. The summed E-state index contributed by atoms with van der Waals surface area (Å²) < 4.78 is 6.04. The quantitative estimate of drug-likeness (QED) is 0.757. The van der Waals surface area contributed by atoms with Crippen LogP contribution < -0.4 is 4.90 Å². The molecule has 100 valence electrons. The van der Waals surface area contributed by atoms with Crippen LogP contribution in [0.3, 0.4) is 0 Å². The van der Waals surface area contributed by atoms with Crippen molar-refractivity contribution in [2.24, 2.45) is 0 Å². The zero-order valence-corrected chi connectivity index (χ0v) is 12.8. The first-order chi connectivity index (χ1) is 8.61. The largest absolute Gasteiger partial charge is 0.383 e. The third kappa shape index (κ3) is 3.42. The highest BCUT2D eigenvalue weighted by molar-refractivity contribution is 9.10. The first-order valence-corrected chi connectivity index (χ1v) is 7.21. The maximum absolute atomic E-state index is 5.18. The zero-order valence-electron chi connectivity index (χ0n) is 11.2. The van der Waals surface area contributed by atoms with Gasteiger partial charge in [-0.3, -0.25) is 0 Å². The molecule has 0 amide bonds. The Hall–Kier alpha value is -0.680. The van der Waals surface area contributed by atoms with E-state index in [1.54, 1.807) is 7.11 Å². The molecule has 0 saturated heterocycles. The van der Waals surface area contributed by atoms with Crippen molar-refractivity contribution in [3.63, 3.8) is 0 Å². The molecule has 0 unspecified atom stereocenters. The predicted molar refractivity (Wildman–Crippen MR) is 76.1 cm³/mol. The number of hydrogen-bond donors (Lipinski definition) is 0. The van der Waals surface area contributed by atoms with Crippen LogP contribution in [0.15, 0.2) is 10.7 Å². The molecule has 2 rings (SSSR count). The minimum atomic E-state index is 0.338. The van der Waals surface area contributed by atoms with Crippen LogP contribution in [-0.2, 0) is 4.74 Å². The summed E-state index contributed by atoms with van der Waals surface area (Å²) in [5.74, 6) is 2.24. The Kier molecular flexibility index (Phi) is 4.56. The molecule has 0 radical (unpaired) electrons. The average molecular weight is 314 g/mol. The van der Waals surface area contributed by atoms with Gasteiger partial charge in [0.2, 0.25) is 0 Å². The highest BCUT2D eigenvalue weighted by atomic mass is 79.9. The Morgan fingerprint density at radius 3 is 2.72 bits per heavy atom. The van der Waals surface area contributed by atoms with Gasteiger partial charge < -0.3 is 9.64 Å². The van der Waals surface area contributed by atoms with Gasteiger partial charge in [-0.25, -0.2) is 9.97 Å². The number of methoxy groups -OCH3 is 1. The van der Waals surface area contributed by atoms with Crippen LogP contribution in [0.2, 0.25) is 0 Å². The molecule has 18 heavy (non-hydrogen) atoms. The summed E-state index contributed by atoms with van der Waals surface area (Å²) >= 11 is 3.48. The fourth-order valence-corrected chi connectivity index (χ4v) is 2.27. The molecule has 1 aromatic rings. The molecule has 4 nitrogen and oxygen atoms in total. The summed E-state index contributed by atoms with van der Waals surface area (Å²) in [6.45, 7) is 5.85. The van der Waals surface area contributed by atoms with Crippen molar-refractivity contribution >= 4 is 21.7 Å². The monoisotopic (exact) mass is 313 g/mol. The Labute approximate surface area is 117 Å². The van der Waals surface area contributed by atoms with Crippen LogP contribution in [0, 0.1) is 0 Å². The molecule has 0 aromatic carbocycles. The molecule has 0 aliphatic heterocycles. The molecule has 0 atom stereocenters. The van der Waals surface area contributed by atoms with E-state index in [9.17, 15) is 0 Å². The molecule has 1 fully saturated rings. The summed E-state index contributed by atoms with van der Waals surface area (Å²) in [6, 6.07) is 2.63. The van der Waals surface area contributed by atoms with Gasteiger partial charge in [-0.1, -0.05) is 13.8 Å². The van der Waals surface area contributed by atoms with E-state index in [0.29, 0.717) is 12.0 Å². The number of rotatable bonds is 6. The van der Waals surface area contributed by atoms with Gasteiger partial charge in [0.15, 0.2) is 0 Å². The number of halogens is 1. The average Bonchev–Trinajstić information content (AvgIpc) is 3.13. The van der Waals surface area contributed by atoms with Crippen molar-refractivity contribution < 1.29 is 4.74 Å². The third-order valence-corrected chi connectivity index (χ3v) is 3.44. The van der Waals surface area contributed by atoms with Crippen LogP contribution in [0.1, 0.15) is 38.4 Å². The lowest BCUT2D eigenvalue weighted by atomic mass is 10.2. The SMILES string of the molecule is COCCN(c1cc(Br)nc(C(C)C)n1)C1CC1. The predicted octanol–water partition coefficient (Wildman–Crippen LogP) is 2.98. The second-order valence-electron chi connectivity index (χ2n) is 4.98. The normalized spacial score (nSPS) is 15.2. The summed E-state index contributed by atoms with van der Waals surface area (Å²) in [4.78, 5) is 11.4. The van der Waals surface area contributed by atoms with Crippen LogP contribution in [0.25, 0.3) is 0 Å². The first-order valence-electron chi connectivity index (χ1n) is 6.42. The van der Waals surface area contributed by atoms with Crippen molar-refractivity contribution in [2.45, 2.75) is 38.6 Å². The molecular weight excluding hydrogens is 294 g/mol. The van der Waals surface area contributed by atoms with Crippen LogP contribution >= 0.6 is 15.9 Å². The van der Waals surface area contributed by atoms with Gasteiger partial charge >= 0.3 is 0 Å². The second kappa shape index (κ2) is 5.97. The molecule has 1 aromatic heterocycles. The lowest BCUT2D eigenvalue weighted by Crippen LogP contribution is -2.30. The fourth-order valence-electron chi connectivity index (χ4n) is 1.89. The van der Waals surface area contributed by atoms with E-state index in [-0.39, 0.29) is 0 Å². The van der Waals surface area contributed by atoms with Crippen molar-refractivity contribution in [1.82, 2.24) is 9.97 Å². The van der Waals surface area contributed by atoms with Gasteiger partial charge in [0, 0.05) is 31.7 Å². The van der Waals surface area contributed by atoms with Gasteiger partial charge in [0.05, 0.1) is 6.61 Å². The topological polar surface area (TPSA) is 38.2 Å². The van der Waals surface area contributed by atoms with Gasteiger partial charge in [0.1, 0.15) is 16.2 Å². The molecule has 1 aliphatic carbocycles. The van der Waals surface area contributed by atoms with E-state index in [2.05, 4.69) is 44.6 Å². The molecule has 0 bridgehead atoms. The smallest absolute Gasteiger partial charge is 0.134 e. The minimum absolute atomic E-state index is 0.338. The van der Waals surface area contributed by atoms with Gasteiger partial charge in [-0.05, 0) is 28.8 Å². The molecule has 1 saturated carbocycles. The Morgan fingerprint density at radius 1 is 1.44 bits per heavy atom. The van der Waals surface area contributed by atoms with Crippen LogP contribution in [-0.4, -0.2) is 36.3 Å². The standard InChI is InChI=1S/C13H20BrN3O/c1-9(2)13-15-11(14)8-12(16-13)17(6-7-18-3)10-4-5-10/h8-10H,4-7H2,1-3H3. The van der Waals surface area contributed by atoms with Gasteiger partial charge in [-0.2, -0.15) is 0 Å². The zero-order chi connectivity index (χ0) is 13.1. The Bertz CT molecular complexity index is 407. The highest BCUT2D eigenvalue weighted by Crippen LogP contribution is 2.31. The Balaban J connectivity index is 2.23. The molecule has 1 heterocycles. The highest BCUT2D eigenvalue weighted by Gasteiger charge is 2.30. The molecule has 0 N–H and O–H groups in total. The Morgan fingerprint density at radius 2 is 2.17 bits per heavy atom. The molecule has 5 heteroatoms. The van der Waals surface area contributed by atoms with Crippen LogP contribution in [0.5, 0.6) is 0 Å². The summed E-state index contributed by atoms with van der Waals surface area (Å²) in [6.07, 6.45) is 2.50. The molecular formula is C13H20BrN3O. The summed E-state index contributed by atoms with van der Waals surface area (Å²) in [7, 11) is 1.74. The molecule has 1 aliphatic rings. The van der Waals surface area contributed by atoms with E-state index in [1.807, 2.05) is 6.07 Å². The molecule has 0 spiro atoms. The summed E-state index contributed by atoms with van der Waals surface area (Å²) in [5, 5.41) is 0. The number of anilines is 1. The van der Waals surface area contributed by atoms with Crippen molar-refractivity contribution in [3.05, 3.63) is 16.5 Å². The fraction of sp³-hybridized carbons (Fsp3) is 0.692. The van der Waals surface area contributed by atoms with E-state index in [1.165, 1.54) is 12.8 Å². The van der Waals surface area contributed by atoms with E-state index < -0.39 is 0 Å². The first kappa shape index (κ1) is 13.7. The number of hydrogen-bond acceptors (Lipinski definition) is 4. The number of aromatic nitrogens is 2. The maximum Gasteiger partial charge on any atom is 0.134 e. The van der Waals surface area contributed by atoms with Gasteiger partial charge in [0.25, 0.3) is 0 Å². The maximum atomic E-state index is 5.18. The second-order valence-corrected chi connectivity index (χ2v) is 5.79. The van der Waals surface area contributed by atoms with Crippen LogP contribution in [0.4, 0.5) is 5.82 Å². The van der Waals surface area contributed by atoms with Crippen molar-refractivity contribution in [2.75, 3.05) is 25.2 Å². The van der Waals surface area contributed by atoms with Gasteiger partial charge in [-0.15, -0.1) is 0 Å².